The first-order valence-electron chi connectivity index (χ1n) is 14.6. The quantitative estimate of drug-likeness (QED) is 0.528. The fourth-order valence-corrected chi connectivity index (χ4v) is 7.40. The third kappa shape index (κ3) is 5.64. The molecule has 1 aliphatic carbocycles. The first-order chi connectivity index (χ1) is 18.1. The number of halogens is 1. The van der Waals surface area contributed by atoms with E-state index in [1.165, 1.54) is 0 Å². The second-order valence-electron chi connectivity index (χ2n) is 14.1. The van der Waals surface area contributed by atoms with Crippen molar-refractivity contribution in [1.82, 2.24) is 15.5 Å². The van der Waals surface area contributed by atoms with Crippen LogP contribution in [-0.2, 0) is 19.8 Å². The molecule has 0 radical (unpaired) electrons. The van der Waals surface area contributed by atoms with Crippen LogP contribution in [0.5, 0.6) is 0 Å². The van der Waals surface area contributed by atoms with Gasteiger partial charge in [-0.15, -0.1) is 0 Å². The average molecular weight is 560 g/mol. The highest BCUT2D eigenvalue weighted by molar-refractivity contribution is 6.30. The summed E-state index contributed by atoms with van der Waals surface area (Å²) in [6.45, 7) is 12.2. The number of carbonyl (C=O) groups is 3. The molecule has 4 atom stereocenters. The van der Waals surface area contributed by atoms with Crippen LogP contribution in [0.25, 0.3) is 0 Å². The van der Waals surface area contributed by atoms with E-state index >= 15 is 0 Å². The van der Waals surface area contributed by atoms with E-state index in [9.17, 15) is 14.4 Å². The van der Waals surface area contributed by atoms with Crippen LogP contribution < -0.4 is 10.6 Å². The molecule has 2 heterocycles. The van der Waals surface area contributed by atoms with Gasteiger partial charge in [-0.05, 0) is 61.8 Å². The summed E-state index contributed by atoms with van der Waals surface area (Å²) in [5, 5.41) is 6.87. The van der Waals surface area contributed by atoms with Gasteiger partial charge in [0.2, 0.25) is 5.91 Å². The SMILES string of the molecule is CNC(=O)[C@@H]1C[C@@H](N(C(=O)C(C)(C)C)C2CCC(C)(C)CC2)C[N+]1(C)C(=O)[C@]1(c2ccc(Cl)cc2)CCNC1. The van der Waals surface area contributed by atoms with Crippen molar-refractivity contribution in [3.05, 3.63) is 34.9 Å². The van der Waals surface area contributed by atoms with E-state index < -0.39 is 16.9 Å². The predicted molar refractivity (Wildman–Crippen MR) is 155 cm³/mol. The van der Waals surface area contributed by atoms with E-state index in [-0.39, 0.29) is 39.7 Å². The third-order valence-corrected chi connectivity index (χ3v) is 9.97. The topological polar surface area (TPSA) is 78.5 Å². The van der Waals surface area contributed by atoms with E-state index in [1.54, 1.807) is 7.05 Å². The Hall–Kier alpha value is -1.96. The number of hydrogen-bond donors (Lipinski definition) is 2. The zero-order chi connectivity index (χ0) is 28.8. The number of amides is 3. The minimum Gasteiger partial charge on any atom is -0.354 e. The number of hydrogen-bond acceptors (Lipinski definition) is 4. The van der Waals surface area contributed by atoms with E-state index in [0.29, 0.717) is 31.0 Å². The molecule has 216 valence electrons. The standard InChI is InChI=1S/C31H47ClN4O3/c1-29(2,3)27(38)35(23-12-14-30(4,5)15-13-23)24-18-25(26(37)33-6)36(7,19-24)28(39)31(16-17-34-20-31)21-8-10-22(32)11-9-21/h8-11,23-25,34H,12-20H2,1-7H3/p+1/t24-,25+,31-,36?/m1/s1. The summed E-state index contributed by atoms with van der Waals surface area (Å²) in [4.78, 5) is 44.4. The van der Waals surface area contributed by atoms with Crippen molar-refractivity contribution in [2.45, 2.75) is 96.7 Å². The molecule has 2 saturated heterocycles. The van der Waals surface area contributed by atoms with Crippen molar-refractivity contribution in [2.24, 2.45) is 10.8 Å². The summed E-state index contributed by atoms with van der Waals surface area (Å²) in [7, 11) is 3.56. The van der Waals surface area contributed by atoms with E-state index in [2.05, 4.69) is 29.4 Å². The molecule has 0 aromatic heterocycles. The molecule has 2 aliphatic heterocycles. The molecule has 1 saturated carbocycles. The van der Waals surface area contributed by atoms with Crippen LogP contribution in [0.2, 0.25) is 5.02 Å². The lowest BCUT2D eigenvalue weighted by Crippen LogP contribution is -2.64. The molecule has 1 aromatic carbocycles. The minimum atomic E-state index is -0.756. The van der Waals surface area contributed by atoms with Crippen molar-refractivity contribution in [1.29, 1.82) is 0 Å². The van der Waals surface area contributed by atoms with Crippen LogP contribution in [0.3, 0.4) is 0 Å². The largest absolute Gasteiger partial charge is 0.354 e. The number of quaternary nitrogens is 1. The maximum absolute atomic E-state index is 14.8. The van der Waals surface area contributed by atoms with Crippen LogP contribution in [0.4, 0.5) is 0 Å². The summed E-state index contributed by atoms with van der Waals surface area (Å²) in [5.41, 5.74) is -0.106. The highest BCUT2D eigenvalue weighted by Crippen LogP contribution is 2.43. The van der Waals surface area contributed by atoms with Crippen molar-refractivity contribution < 1.29 is 18.9 Å². The van der Waals surface area contributed by atoms with Crippen LogP contribution in [0.15, 0.2) is 24.3 Å². The molecule has 1 aromatic rings. The maximum atomic E-state index is 14.8. The third-order valence-electron chi connectivity index (χ3n) is 9.72. The predicted octanol–water partition coefficient (Wildman–Crippen LogP) is 4.27. The maximum Gasteiger partial charge on any atom is 0.326 e. The molecular formula is C31H48ClN4O3+. The van der Waals surface area contributed by atoms with Gasteiger partial charge in [0.1, 0.15) is 12.0 Å². The molecule has 7 nitrogen and oxygen atoms in total. The van der Waals surface area contributed by atoms with Crippen LogP contribution >= 0.6 is 11.6 Å². The van der Waals surface area contributed by atoms with E-state index in [4.69, 9.17) is 11.6 Å². The van der Waals surface area contributed by atoms with Crippen LogP contribution in [0.1, 0.15) is 78.7 Å². The highest BCUT2D eigenvalue weighted by Gasteiger charge is 2.62. The number of likely N-dealkylation sites (tertiary alicyclic amines) is 1. The summed E-state index contributed by atoms with van der Waals surface area (Å²) < 4.78 is -0.0131. The Morgan fingerprint density at radius 3 is 2.18 bits per heavy atom. The molecule has 4 rings (SSSR count). The lowest BCUT2D eigenvalue weighted by Gasteiger charge is -2.45. The van der Waals surface area contributed by atoms with Gasteiger partial charge in [-0.25, -0.2) is 4.79 Å². The Bertz CT molecular complexity index is 1080. The molecule has 3 aliphatic rings. The summed E-state index contributed by atoms with van der Waals surface area (Å²) in [5.74, 6) is 0.0149. The fraction of sp³-hybridized carbons (Fsp3) is 0.710. The number of rotatable bonds is 5. The minimum absolute atomic E-state index is 0.0131. The van der Waals surface area contributed by atoms with Crippen molar-refractivity contribution in [2.75, 3.05) is 33.7 Å². The molecule has 39 heavy (non-hydrogen) atoms. The van der Waals surface area contributed by atoms with Crippen molar-refractivity contribution in [3.63, 3.8) is 0 Å². The Kier molecular flexibility index (Phi) is 8.30. The van der Waals surface area contributed by atoms with Gasteiger partial charge in [-0.3, -0.25) is 14.1 Å². The average Bonchev–Trinajstić information content (AvgIpc) is 3.50. The first kappa shape index (κ1) is 30.0. The fourth-order valence-electron chi connectivity index (χ4n) is 7.27. The normalized spacial score (nSPS) is 31.2. The zero-order valence-electron chi connectivity index (χ0n) is 24.9. The number of nitrogens with zero attached hydrogens (tertiary/aromatic N) is 2. The molecule has 3 amide bonds. The lowest BCUT2D eigenvalue weighted by molar-refractivity contribution is -0.840. The number of carbonyl (C=O) groups excluding carboxylic acids is 3. The first-order valence-corrected chi connectivity index (χ1v) is 14.9. The van der Waals surface area contributed by atoms with Gasteiger partial charge in [-0.2, -0.15) is 0 Å². The number of likely N-dealkylation sites (N-methyl/N-ethyl adjacent to an activating group) is 2. The Morgan fingerprint density at radius 2 is 1.67 bits per heavy atom. The highest BCUT2D eigenvalue weighted by atomic mass is 35.5. The van der Waals surface area contributed by atoms with Gasteiger partial charge in [0.25, 0.3) is 5.91 Å². The molecule has 8 heteroatoms. The summed E-state index contributed by atoms with van der Waals surface area (Å²) in [6.07, 6.45) is 5.17. The molecule has 2 N–H and O–H groups in total. The molecule has 3 fully saturated rings. The number of benzene rings is 1. The van der Waals surface area contributed by atoms with Crippen molar-refractivity contribution >= 4 is 29.3 Å². The molecular weight excluding hydrogens is 512 g/mol. The molecule has 1 unspecified atom stereocenters. The molecule has 0 bridgehead atoms. The van der Waals surface area contributed by atoms with Crippen LogP contribution in [-0.4, -0.2) is 79.0 Å². The monoisotopic (exact) mass is 559 g/mol. The van der Waals surface area contributed by atoms with Gasteiger partial charge in [0.05, 0.1) is 13.1 Å². The second kappa shape index (κ2) is 10.8. The lowest BCUT2D eigenvalue weighted by atomic mass is 9.74. The van der Waals surface area contributed by atoms with Crippen molar-refractivity contribution in [3.8, 4) is 0 Å². The van der Waals surface area contributed by atoms with E-state index in [0.717, 1.165) is 37.8 Å². The van der Waals surface area contributed by atoms with E-state index in [1.807, 2.05) is 52.1 Å². The van der Waals surface area contributed by atoms with Gasteiger partial charge >= 0.3 is 5.91 Å². The Labute approximate surface area is 239 Å². The van der Waals surface area contributed by atoms with Gasteiger partial charge in [0.15, 0.2) is 6.04 Å². The van der Waals surface area contributed by atoms with Gasteiger partial charge in [-0.1, -0.05) is 58.4 Å². The second-order valence-corrected chi connectivity index (χ2v) is 14.6. The number of nitrogens with one attached hydrogen (secondary N) is 2. The van der Waals surface area contributed by atoms with Gasteiger partial charge < -0.3 is 15.5 Å². The van der Waals surface area contributed by atoms with Crippen LogP contribution in [0, 0.1) is 10.8 Å². The smallest absolute Gasteiger partial charge is 0.326 e. The zero-order valence-corrected chi connectivity index (χ0v) is 25.7. The Morgan fingerprint density at radius 1 is 1.05 bits per heavy atom. The Balaban J connectivity index is 1.74. The summed E-state index contributed by atoms with van der Waals surface area (Å²) >= 11 is 6.20. The van der Waals surface area contributed by atoms with Gasteiger partial charge in [0, 0.05) is 36.5 Å². The summed E-state index contributed by atoms with van der Waals surface area (Å²) in [6, 6.07) is 6.94. The molecule has 0 spiro atoms.